The number of ether oxygens (including phenoxy) is 2. The molecular weight excluding hydrogens is 367 g/mol. The second-order valence-electron chi connectivity index (χ2n) is 5.95. The number of carbonyl (C=O) groups is 1. The molecule has 1 heterocycles. The largest absolute Gasteiger partial charge is 0.497 e. The molecule has 0 N–H and O–H groups in total. The molecule has 27 heavy (non-hydrogen) atoms. The minimum Gasteiger partial charge on any atom is -0.497 e. The van der Waals surface area contributed by atoms with E-state index >= 15 is 0 Å². The molecule has 3 rings (SSSR count). The van der Waals surface area contributed by atoms with Gasteiger partial charge in [0, 0.05) is 11.8 Å². The Bertz CT molecular complexity index is 826. The lowest BCUT2D eigenvalue weighted by molar-refractivity contribution is -0.130. The van der Waals surface area contributed by atoms with Crippen LogP contribution < -0.4 is 9.47 Å². The summed E-state index contributed by atoms with van der Waals surface area (Å²) in [5, 5.41) is 0.633. The summed E-state index contributed by atoms with van der Waals surface area (Å²) in [5.41, 5.74) is 0.739. The van der Waals surface area contributed by atoms with Crippen LogP contribution in [0.3, 0.4) is 0 Å². The summed E-state index contributed by atoms with van der Waals surface area (Å²) in [4.78, 5) is 19.0. The summed E-state index contributed by atoms with van der Waals surface area (Å²) >= 11 is 1.54. The molecule has 0 aliphatic carbocycles. The molecule has 1 amide bonds. The molecular formula is C20H21FN2O3S. The molecule has 0 bridgehead atoms. The Kier molecular flexibility index (Phi) is 6.34. The Hall–Kier alpha value is -2.54. The molecule has 1 fully saturated rings. The lowest BCUT2D eigenvalue weighted by Gasteiger charge is -2.23. The molecule has 2 aromatic carbocycles. The Morgan fingerprint density at radius 3 is 2.67 bits per heavy atom. The number of amides is 1. The third-order valence-electron chi connectivity index (χ3n) is 4.20. The average Bonchev–Trinajstić information content (AvgIpc) is 3.10. The summed E-state index contributed by atoms with van der Waals surface area (Å²) in [6.07, 6.45) is 0.806. The normalized spacial score (nSPS) is 18.0. The van der Waals surface area contributed by atoms with Crippen molar-refractivity contribution in [1.82, 2.24) is 4.90 Å². The maximum absolute atomic E-state index is 13.7. The minimum absolute atomic E-state index is 0.0451. The van der Waals surface area contributed by atoms with Crippen LogP contribution in [0.15, 0.2) is 53.5 Å². The fourth-order valence-electron chi connectivity index (χ4n) is 2.71. The standard InChI is InChI=1S/C20H21FN2O3S/c1-3-15-13-27-20(22-14-8-10-16(25-2)11-9-14)23(15)19(24)12-26-18-7-5-4-6-17(18)21/h4-11,15H,3,12-13H2,1-2H3/t15-/m0/s1. The van der Waals surface area contributed by atoms with Crippen LogP contribution in [-0.2, 0) is 4.79 Å². The predicted molar refractivity (Wildman–Crippen MR) is 105 cm³/mol. The topological polar surface area (TPSA) is 51.1 Å². The van der Waals surface area contributed by atoms with E-state index < -0.39 is 5.82 Å². The molecule has 2 aromatic rings. The number of nitrogens with zero attached hydrogens (tertiary/aromatic N) is 2. The molecule has 7 heteroatoms. The number of thioether (sulfide) groups is 1. The number of para-hydroxylation sites is 1. The van der Waals surface area contributed by atoms with Crippen LogP contribution >= 0.6 is 11.8 Å². The first-order valence-corrected chi connectivity index (χ1v) is 9.66. The van der Waals surface area contributed by atoms with Gasteiger partial charge in [0.05, 0.1) is 12.8 Å². The van der Waals surface area contributed by atoms with E-state index in [2.05, 4.69) is 4.99 Å². The van der Waals surface area contributed by atoms with Crippen molar-refractivity contribution in [3.8, 4) is 11.5 Å². The maximum atomic E-state index is 13.7. The first kappa shape index (κ1) is 19.2. The molecule has 142 valence electrons. The van der Waals surface area contributed by atoms with Gasteiger partial charge in [0.1, 0.15) is 5.75 Å². The summed E-state index contributed by atoms with van der Waals surface area (Å²) in [7, 11) is 1.61. The highest BCUT2D eigenvalue weighted by Gasteiger charge is 2.34. The highest BCUT2D eigenvalue weighted by molar-refractivity contribution is 8.14. The van der Waals surface area contributed by atoms with E-state index in [4.69, 9.17) is 9.47 Å². The lowest BCUT2D eigenvalue weighted by Crippen LogP contribution is -2.41. The molecule has 0 spiro atoms. The van der Waals surface area contributed by atoms with E-state index in [1.807, 2.05) is 31.2 Å². The lowest BCUT2D eigenvalue weighted by atomic mass is 10.2. The highest BCUT2D eigenvalue weighted by atomic mass is 32.2. The van der Waals surface area contributed by atoms with Gasteiger partial charge in [-0.1, -0.05) is 30.8 Å². The van der Waals surface area contributed by atoms with Crippen molar-refractivity contribution in [2.75, 3.05) is 19.5 Å². The molecule has 1 saturated heterocycles. The molecule has 0 saturated carbocycles. The number of carbonyl (C=O) groups excluding carboxylic acids is 1. The fraction of sp³-hybridized carbons (Fsp3) is 0.300. The molecule has 5 nitrogen and oxygen atoms in total. The number of methoxy groups -OCH3 is 1. The smallest absolute Gasteiger partial charge is 0.266 e. The summed E-state index contributed by atoms with van der Waals surface area (Å²) in [5.74, 6) is 0.870. The van der Waals surface area contributed by atoms with Gasteiger partial charge in [-0.2, -0.15) is 0 Å². The number of hydrogen-bond donors (Lipinski definition) is 0. The highest BCUT2D eigenvalue weighted by Crippen LogP contribution is 2.29. The van der Waals surface area contributed by atoms with Gasteiger partial charge in [0.25, 0.3) is 5.91 Å². The Morgan fingerprint density at radius 1 is 1.26 bits per heavy atom. The Balaban J connectivity index is 1.75. The van der Waals surface area contributed by atoms with Crippen LogP contribution in [-0.4, -0.2) is 41.5 Å². The van der Waals surface area contributed by atoms with Crippen LogP contribution in [0.4, 0.5) is 10.1 Å². The molecule has 1 atom stereocenters. The SMILES string of the molecule is CC[C@H]1CSC(=Nc2ccc(OC)cc2)N1C(=O)COc1ccccc1F. The van der Waals surface area contributed by atoms with Gasteiger partial charge >= 0.3 is 0 Å². The number of halogens is 1. The number of amidine groups is 1. The zero-order chi connectivity index (χ0) is 19.2. The van der Waals surface area contributed by atoms with Gasteiger partial charge in [-0.25, -0.2) is 9.38 Å². The third-order valence-corrected chi connectivity index (χ3v) is 5.30. The zero-order valence-corrected chi connectivity index (χ0v) is 16.0. The number of hydrogen-bond acceptors (Lipinski definition) is 5. The van der Waals surface area contributed by atoms with Crippen molar-refractivity contribution in [2.45, 2.75) is 19.4 Å². The van der Waals surface area contributed by atoms with E-state index in [0.717, 1.165) is 23.6 Å². The van der Waals surface area contributed by atoms with Gasteiger partial charge in [-0.15, -0.1) is 0 Å². The molecule has 1 aliphatic heterocycles. The summed E-state index contributed by atoms with van der Waals surface area (Å²) in [6.45, 7) is 1.79. The Labute approximate surface area is 162 Å². The molecule has 0 aromatic heterocycles. The van der Waals surface area contributed by atoms with Crippen molar-refractivity contribution >= 4 is 28.5 Å². The second-order valence-corrected chi connectivity index (χ2v) is 6.94. The molecule has 0 radical (unpaired) electrons. The van der Waals surface area contributed by atoms with Crippen molar-refractivity contribution in [3.05, 3.63) is 54.3 Å². The number of benzene rings is 2. The van der Waals surface area contributed by atoms with Gasteiger partial charge in [-0.05, 0) is 42.8 Å². The van der Waals surface area contributed by atoms with E-state index in [-0.39, 0.29) is 24.3 Å². The third kappa shape index (κ3) is 4.60. The van der Waals surface area contributed by atoms with Gasteiger partial charge in [0.15, 0.2) is 23.3 Å². The van der Waals surface area contributed by atoms with Crippen molar-refractivity contribution in [3.63, 3.8) is 0 Å². The minimum atomic E-state index is -0.486. The second kappa shape index (κ2) is 8.90. The van der Waals surface area contributed by atoms with E-state index in [9.17, 15) is 9.18 Å². The van der Waals surface area contributed by atoms with Gasteiger partial charge < -0.3 is 9.47 Å². The predicted octanol–water partition coefficient (Wildman–Crippen LogP) is 4.25. The van der Waals surface area contributed by atoms with Crippen LogP contribution in [0.5, 0.6) is 11.5 Å². The number of rotatable bonds is 6. The fourth-order valence-corrected chi connectivity index (χ4v) is 3.99. The summed E-state index contributed by atoms with van der Waals surface area (Å²) < 4.78 is 24.2. The number of aliphatic imine (C=N–C) groups is 1. The van der Waals surface area contributed by atoms with Gasteiger partial charge in [-0.3, -0.25) is 9.69 Å². The average molecular weight is 388 g/mol. The van der Waals surface area contributed by atoms with Crippen molar-refractivity contribution in [1.29, 1.82) is 0 Å². The zero-order valence-electron chi connectivity index (χ0n) is 15.2. The Morgan fingerprint density at radius 2 is 2.00 bits per heavy atom. The van der Waals surface area contributed by atoms with Crippen LogP contribution in [0.25, 0.3) is 0 Å². The van der Waals surface area contributed by atoms with E-state index in [0.29, 0.717) is 5.17 Å². The van der Waals surface area contributed by atoms with E-state index in [1.165, 1.54) is 23.9 Å². The first-order chi connectivity index (χ1) is 13.1. The monoisotopic (exact) mass is 388 g/mol. The van der Waals surface area contributed by atoms with E-state index in [1.54, 1.807) is 24.1 Å². The van der Waals surface area contributed by atoms with Crippen molar-refractivity contribution in [2.24, 2.45) is 4.99 Å². The van der Waals surface area contributed by atoms with Gasteiger partial charge in [0.2, 0.25) is 0 Å². The van der Waals surface area contributed by atoms with Crippen LogP contribution in [0.1, 0.15) is 13.3 Å². The van der Waals surface area contributed by atoms with Crippen LogP contribution in [0, 0.1) is 5.82 Å². The van der Waals surface area contributed by atoms with Crippen molar-refractivity contribution < 1.29 is 18.7 Å². The summed E-state index contributed by atoms with van der Waals surface area (Å²) in [6, 6.07) is 13.4. The molecule has 0 unspecified atom stereocenters. The molecule has 1 aliphatic rings. The van der Waals surface area contributed by atoms with Crippen LogP contribution in [0.2, 0.25) is 0 Å². The quantitative estimate of drug-likeness (QED) is 0.742. The maximum Gasteiger partial charge on any atom is 0.266 e. The first-order valence-electron chi connectivity index (χ1n) is 8.67.